The van der Waals surface area contributed by atoms with Gasteiger partial charge in [-0.25, -0.2) is 9.97 Å². The van der Waals surface area contributed by atoms with Crippen LogP contribution in [-0.4, -0.2) is 56.6 Å². The molecular weight excluding hydrogens is 366 g/mol. The minimum atomic E-state index is 0.0941. The Kier molecular flexibility index (Phi) is 4.83. The smallest absolute Gasteiger partial charge is 0.254 e. The molecule has 3 aromatic rings. The third kappa shape index (κ3) is 3.44. The SMILES string of the molecule is Cc1cnc(C2CCOCC2)n1C1CCCN(C(=O)c2ccc3nc[nH]c3c2)C1. The molecule has 0 spiro atoms. The summed E-state index contributed by atoms with van der Waals surface area (Å²) < 4.78 is 7.93. The quantitative estimate of drug-likeness (QED) is 0.740. The fraction of sp³-hybridized carbons (Fsp3) is 0.500. The maximum Gasteiger partial charge on any atom is 0.254 e. The van der Waals surface area contributed by atoms with Crippen molar-refractivity contribution in [2.45, 2.75) is 44.6 Å². The van der Waals surface area contributed by atoms with Crippen molar-refractivity contribution in [2.24, 2.45) is 0 Å². The number of hydrogen-bond donors (Lipinski definition) is 1. The summed E-state index contributed by atoms with van der Waals surface area (Å²) in [5, 5.41) is 0. The first-order valence-electron chi connectivity index (χ1n) is 10.5. The maximum atomic E-state index is 13.2. The van der Waals surface area contributed by atoms with Crippen LogP contribution < -0.4 is 0 Å². The number of aromatic nitrogens is 4. The Balaban J connectivity index is 1.38. The van der Waals surface area contributed by atoms with Gasteiger partial charge in [-0.15, -0.1) is 0 Å². The number of ether oxygens (including phenoxy) is 1. The number of hydrogen-bond acceptors (Lipinski definition) is 4. The number of likely N-dealkylation sites (tertiary alicyclic amines) is 1. The molecule has 7 heteroatoms. The van der Waals surface area contributed by atoms with Crippen LogP contribution in [0.2, 0.25) is 0 Å². The normalized spacial score (nSPS) is 21.0. The van der Waals surface area contributed by atoms with Gasteiger partial charge in [-0.2, -0.15) is 0 Å². The molecule has 1 amide bonds. The highest BCUT2D eigenvalue weighted by atomic mass is 16.5. The van der Waals surface area contributed by atoms with E-state index in [2.05, 4.69) is 21.5 Å². The van der Waals surface area contributed by atoms with Gasteiger partial charge < -0.3 is 19.2 Å². The number of carbonyl (C=O) groups excluding carboxylic acids is 1. The van der Waals surface area contributed by atoms with Crippen LogP contribution in [-0.2, 0) is 4.74 Å². The second-order valence-corrected chi connectivity index (χ2v) is 8.20. The third-order valence-electron chi connectivity index (χ3n) is 6.31. The van der Waals surface area contributed by atoms with Crippen molar-refractivity contribution in [3.05, 3.63) is 47.8 Å². The molecule has 0 saturated carbocycles. The lowest BCUT2D eigenvalue weighted by molar-refractivity contribution is 0.0666. The number of nitrogens with zero attached hydrogens (tertiary/aromatic N) is 4. The average molecular weight is 393 g/mol. The van der Waals surface area contributed by atoms with Gasteiger partial charge in [0.05, 0.1) is 23.4 Å². The van der Waals surface area contributed by atoms with Gasteiger partial charge in [-0.05, 0) is 50.8 Å². The number of benzene rings is 1. The number of aryl methyl sites for hydroxylation is 1. The highest BCUT2D eigenvalue weighted by molar-refractivity contribution is 5.97. The first-order chi connectivity index (χ1) is 14.2. The van der Waals surface area contributed by atoms with E-state index >= 15 is 0 Å². The number of nitrogens with one attached hydrogen (secondary N) is 1. The van der Waals surface area contributed by atoms with Crippen LogP contribution in [0.15, 0.2) is 30.7 Å². The molecule has 4 heterocycles. The van der Waals surface area contributed by atoms with Crippen molar-refractivity contribution < 1.29 is 9.53 Å². The Morgan fingerprint density at radius 2 is 2.07 bits per heavy atom. The molecule has 7 nitrogen and oxygen atoms in total. The number of amides is 1. The van der Waals surface area contributed by atoms with Crippen LogP contribution in [0.3, 0.4) is 0 Å². The second kappa shape index (κ2) is 7.63. The van der Waals surface area contributed by atoms with Gasteiger partial charge in [-0.3, -0.25) is 4.79 Å². The molecule has 152 valence electrons. The zero-order chi connectivity index (χ0) is 19.8. The first kappa shape index (κ1) is 18.4. The molecule has 5 rings (SSSR count). The molecule has 2 aromatic heterocycles. The van der Waals surface area contributed by atoms with E-state index in [4.69, 9.17) is 9.72 Å². The van der Waals surface area contributed by atoms with E-state index in [-0.39, 0.29) is 11.9 Å². The average Bonchev–Trinajstić information content (AvgIpc) is 3.39. The summed E-state index contributed by atoms with van der Waals surface area (Å²) in [6.07, 6.45) is 7.78. The molecule has 2 aliphatic rings. The highest BCUT2D eigenvalue weighted by Gasteiger charge is 2.30. The summed E-state index contributed by atoms with van der Waals surface area (Å²) in [6, 6.07) is 5.97. The molecule has 1 aromatic carbocycles. The summed E-state index contributed by atoms with van der Waals surface area (Å²) in [6.45, 7) is 5.27. The summed E-state index contributed by atoms with van der Waals surface area (Å²) in [4.78, 5) is 27.3. The number of rotatable bonds is 3. The van der Waals surface area contributed by atoms with Gasteiger partial charge in [0.25, 0.3) is 5.91 Å². The van der Waals surface area contributed by atoms with Crippen molar-refractivity contribution in [3.63, 3.8) is 0 Å². The Bertz CT molecular complexity index is 1020. The summed E-state index contributed by atoms with van der Waals surface area (Å²) in [5.41, 5.74) is 3.68. The molecular formula is C22H27N5O2. The predicted octanol–water partition coefficient (Wildman–Crippen LogP) is 3.44. The zero-order valence-corrected chi connectivity index (χ0v) is 16.8. The number of piperidine rings is 1. The maximum absolute atomic E-state index is 13.2. The van der Waals surface area contributed by atoms with Crippen molar-refractivity contribution in [1.82, 2.24) is 24.4 Å². The lowest BCUT2D eigenvalue weighted by Crippen LogP contribution is -2.41. The van der Waals surface area contributed by atoms with Crippen LogP contribution in [0.5, 0.6) is 0 Å². The highest BCUT2D eigenvalue weighted by Crippen LogP contribution is 2.32. The number of aromatic amines is 1. The van der Waals surface area contributed by atoms with E-state index in [1.165, 1.54) is 11.5 Å². The number of carbonyl (C=O) groups is 1. The molecule has 2 saturated heterocycles. The summed E-state index contributed by atoms with van der Waals surface area (Å²) >= 11 is 0. The molecule has 2 fully saturated rings. The van der Waals surface area contributed by atoms with Gasteiger partial charge in [0.2, 0.25) is 0 Å². The van der Waals surface area contributed by atoms with E-state index in [9.17, 15) is 4.79 Å². The lowest BCUT2D eigenvalue weighted by Gasteiger charge is -2.36. The standard InChI is InChI=1S/C22H27N5O2/c1-15-12-23-21(16-6-9-29-10-7-16)27(15)18-3-2-8-26(13-18)22(28)17-4-5-19-20(11-17)25-14-24-19/h4-5,11-12,14,16,18H,2-3,6-10,13H2,1H3,(H,24,25). The van der Waals surface area contributed by atoms with Gasteiger partial charge >= 0.3 is 0 Å². The minimum Gasteiger partial charge on any atom is -0.381 e. The Morgan fingerprint density at radius 1 is 1.21 bits per heavy atom. The van der Waals surface area contributed by atoms with Crippen LogP contribution in [0.1, 0.15) is 59.5 Å². The first-order valence-corrected chi connectivity index (χ1v) is 10.5. The fourth-order valence-corrected chi connectivity index (χ4v) is 4.80. The van der Waals surface area contributed by atoms with Gasteiger partial charge in [-0.1, -0.05) is 0 Å². The number of fused-ring (bicyclic) bond motifs is 1. The monoisotopic (exact) mass is 393 g/mol. The Labute approximate surface area is 170 Å². The van der Waals surface area contributed by atoms with Crippen molar-refractivity contribution >= 4 is 16.9 Å². The second-order valence-electron chi connectivity index (χ2n) is 8.20. The van der Waals surface area contributed by atoms with Crippen LogP contribution in [0.25, 0.3) is 11.0 Å². The van der Waals surface area contributed by atoms with E-state index in [0.717, 1.165) is 68.6 Å². The van der Waals surface area contributed by atoms with Gasteiger partial charge in [0.15, 0.2) is 0 Å². The van der Waals surface area contributed by atoms with Gasteiger partial charge in [0, 0.05) is 49.7 Å². The minimum absolute atomic E-state index is 0.0941. The molecule has 0 bridgehead atoms. The van der Waals surface area contributed by atoms with Crippen molar-refractivity contribution in [1.29, 1.82) is 0 Å². The molecule has 2 aliphatic heterocycles. The summed E-state index contributed by atoms with van der Waals surface area (Å²) in [5.74, 6) is 1.71. The van der Waals surface area contributed by atoms with Crippen LogP contribution in [0.4, 0.5) is 0 Å². The molecule has 1 N–H and O–H groups in total. The number of H-pyrrole nitrogens is 1. The third-order valence-corrected chi connectivity index (χ3v) is 6.31. The van der Waals surface area contributed by atoms with E-state index < -0.39 is 0 Å². The van der Waals surface area contributed by atoms with Gasteiger partial charge in [0.1, 0.15) is 5.82 Å². The van der Waals surface area contributed by atoms with E-state index in [1.54, 1.807) is 6.33 Å². The molecule has 1 atom stereocenters. The van der Waals surface area contributed by atoms with E-state index in [1.807, 2.05) is 29.3 Å². The molecule has 0 aliphatic carbocycles. The van der Waals surface area contributed by atoms with E-state index in [0.29, 0.717) is 5.92 Å². The fourth-order valence-electron chi connectivity index (χ4n) is 4.80. The topological polar surface area (TPSA) is 76.0 Å². The Morgan fingerprint density at radius 3 is 2.93 bits per heavy atom. The molecule has 0 radical (unpaired) electrons. The molecule has 1 unspecified atom stereocenters. The Hall–Kier alpha value is -2.67. The van der Waals surface area contributed by atoms with Crippen molar-refractivity contribution in [3.8, 4) is 0 Å². The zero-order valence-electron chi connectivity index (χ0n) is 16.8. The predicted molar refractivity (Wildman–Crippen MR) is 110 cm³/mol. The summed E-state index contributed by atoms with van der Waals surface area (Å²) in [7, 11) is 0. The van der Waals surface area contributed by atoms with Crippen LogP contribution >= 0.6 is 0 Å². The lowest BCUT2D eigenvalue weighted by atomic mass is 9.97. The molecule has 29 heavy (non-hydrogen) atoms. The number of imidazole rings is 2. The largest absolute Gasteiger partial charge is 0.381 e. The van der Waals surface area contributed by atoms with Crippen LogP contribution in [0, 0.1) is 6.92 Å². The van der Waals surface area contributed by atoms with Crippen molar-refractivity contribution in [2.75, 3.05) is 26.3 Å².